The van der Waals surface area contributed by atoms with Gasteiger partial charge in [-0.25, -0.2) is 28.5 Å². The van der Waals surface area contributed by atoms with Gasteiger partial charge in [0.05, 0.1) is 22.4 Å². The third-order valence-electron chi connectivity index (χ3n) is 4.62. The molecule has 1 saturated heterocycles. The zero-order valence-corrected chi connectivity index (χ0v) is 15.2. The highest BCUT2D eigenvalue weighted by molar-refractivity contribution is 5.88. The van der Waals surface area contributed by atoms with Crippen LogP contribution >= 0.6 is 0 Å². The van der Waals surface area contributed by atoms with Crippen LogP contribution in [0.2, 0.25) is 0 Å². The zero-order valence-electron chi connectivity index (χ0n) is 15.2. The number of rotatable bonds is 3. The Hall–Kier alpha value is -3.09. The Morgan fingerprint density at radius 2 is 2.00 bits per heavy atom. The topological polar surface area (TPSA) is 100 Å². The normalized spacial score (nSPS) is 20.3. The fourth-order valence-electron chi connectivity index (χ4n) is 3.35. The van der Waals surface area contributed by atoms with Crippen LogP contribution in [0, 0.1) is 0 Å². The molecule has 2 aromatic heterocycles. The molecular weight excluding hydrogens is 417 g/mol. The van der Waals surface area contributed by atoms with Crippen molar-refractivity contribution in [3.63, 3.8) is 0 Å². The highest BCUT2D eigenvalue weighted by atomic mass is 19.4. The SMILES string of the molecule is CC1(O)CN(c2cc(C(F)(F)F)cc(-c3ncnc4c3C(C(F)F)OC(=O)N4)n2)C1. The predicted molar refractivity (Wildman–Crippen MR) is 92.0 cm³/mol. The van der Waals surface area contributed by atoms with Gasteiger partial charge in [-0.05, 0) is 19.1 Å². The van der Waals surface area contributed by atoms with Crippen LogP contribution in [0.15, 0.2) is 18.5 Å². The van der Waals surface area contributed by atoms with Gasteiger partial charge in [-0.3, -0.25) is 5.32 Å². The molecule has 1 atom stereocenters. The van der Waals surface area contributed by atoms with Crippen molar-refractivity contribution in [1.29, 1.82) is 0 Å². The lowest BCUT2D eigenvalue weighted by Gasteiger charge is -2.45. The number of aromatic nitrogens is 3. The number of hydrogen-bond acceptors (Lipinski definition) is 7. The van der Waals surface area contributed by atoms with Gasteiger partial charge in [0.15, 0.2) is 6.10 Å². The van der Waals surface area contributed by atoms with E-state index in [2.05, 4.69) is 25.0 Å². The number of pyridine rings is 1. The summed E-state index contributed by atoms with van der Waals surface area (Å²) in [5, 5.41) is 12.0. The maximum absolute atomic E-state index is 13.5. The summed E-state index contributed by atoms with van der Waals surface area (Å²) in [6.45, 7) is 1.61. The van der Waals surface area contributed by atoms with Gasteiger partial charge < -0.3 is 14.7 Å². The second kappa shape index (κ2) is 6.72. The average Bonchev–Trinajstić information content (AvgIpc) is 2.63. The van der Waals surface area contributed by atoms with Crippen molar-refractivity contribution >= 4 is 17.7 Å². The number of carbonyl (C=O) groups is 1. The van der Waals surface area contributed by atoms with Gasteiger partial charge in [-0.1, -0.05) is 0 Å². The van der Waals surface area contributed by atoms with Crippen LogP contribution in [0.1, 0.15) is 24.2 Å². The Bertz CT molecular complexity index is 1010. The maximum atomic E-state index is 13.5. The summed E-state index contributed by atoms with van der Waals surface area (Å²) >= 11 is 0. The third kappa shape index (κ3) is 3.60. The van der Waals surface area contributed by atoms with Gasteiger partial charge in [0, 0.05) is 13.1 Å². The van der Waals surface area contributed by atoms with E-state index in [1.807, 2.05) is 0 Å². The van der Waals surface area contributed by atoms with Crippen molar-refractivity contribution in [2.24, 2.45) is 0 Å². The van der Waals surface area contributed by atoms with Crippen molar-refractivity contribution in [2.75, 3.05) is 23.3 Å². The van der Waals surface area contributed by atoms with Crippen molar-refractivity contribution in [1.82, 2.24) is 15.0 Å². The molecule has 30 heavy (non-hydrogen) atoms. The molecule has 1 amide bonds. The van der Waals surface area contributed by atoms with E-state index in [-0.39, 0.29) is 41.7 Å². The average molecular weight is 431 g/mol. The van der Waals surface area contributed by atoms with E-state index in [1.54, 1.807) is 0 Å². The van der Waals surface area contributed by atoms with Crippen LogP contribution in [0.5, 0.6) is 0 Å². The number of alkyl halides is 5. The van der Waals surface area contributed by atoms with Crippen molar-refractivity contribution in [3.05, 3.63) is 29.6 Å². The summed E-state index contributed by atoms with van der Waals surface area (Å²) in [5.41, 5.74) is -3.21. The van der Waals surface area contributed by atoms with E-state index in [9.17, 15) is 31.9 Å². The van der Waals surface area contributed by atoms with Gasteiger partial charge in [0.1, 0.15) is 23.7 Å². The highest BCUT2D eigenvalue weighted by Gasteiger charge is 2.41. The Morgan fingerprint density at radius 3 is 2.60 bits per heavy atom. The summed E-state index contributed by atoms with van der Waals surface area (Å²) in [7, 11) is 0. The van der Waals surface area contributed by atoms with Crippen molar-refractivity contribution in [3.8, 4) is 11.4 Å². The molecule has 13 heteroatoms. The number of ether oxygens (including phenoxy) is 1. The van der Waals surface area contributed by atoms with Crippen LogP contribution in [0.3, 0.4) is 0 Å². The zero-order chi connectivity index (χ0) is 21.8. The Kier molecular flexibility index (Phi) is 4.52. The third-order valence-corrected chi connectivity index (χ3v) is 4.62. The minimum absolute atomic E-state index is 0.0431. The first kappa shape index (κ1) is 20.2. The van der Waals surface area contributed by atoms with Gasteiger partial charge in [-0.15, -0.1) is 0 Å². The molecule has 8 nitrogen and oxygen atoms in total. The molecule has 2 aromatic rings. The molecule has 0 spiro atoms. The fraction of sp³-hybridized carbons (Fsp3) is 0.412. The molecule has 0 aliphatic carbocycles. The minimum Gasteiger partial charge on any atom is -0.435 e. The summed E-state index contributed by atoms with van der Waals surface area (Å²) in [6.07, 6.45) is -10.2. The number of nitrogens with zero attached hydrogens (tertiary/aromatic N) is 4. The number of cyclic esters (lactones) is 1. The van der Waals surface area contributed by atoms with Gasteiger partial charge >= 0.3 is 12.3 Å². The first-order valence-electron chi connectivity index (χ1n) is 8.62. The van der Waals surface area contributed by atoms with Crippen LogP contribution in [-0.4, -0.2) is 51.3 Å². The Morgan fingerprint density at radius 1 is 1.30 bits per heavy atom. The molecule has 0 bridgehead atoms. The molecule has 2 aliphatic heterocycles. The lowest BCUT2D eigenvalue weighted by Crippen LogP contribution is -2.60. The molecule has 0 radical (unpaired) electrons. The second-order valence-electron chi connectivity index (χ2n) is 7.22. The van der Waals surface area contributed by atoms with E-state index in [0.29, 0.717) is 6.07 Å². The quantitative estimate of drug-likeness (QED) is 0.721. The molecular formula is C17H14F5N5O3. The number of hydrogen-bond donors (Lipinski definition) is 2. The number of fused-ring (bicyclic) bond motifs is 1. The highest BCUT2D eigenvalue weighted by Crippen LogP contribution is 2.41. The fourth-order valence-corrected chi connectivity index (χ4v) is 3.35. The largest absolute Gasteiger partial charge is 0.435 e. The molecule has 2 N–H and O–H groups in total. The first-order valence-corrected chi connectivity index (χ1v) is 8.62. The first-order chi connectivity index (χ1) is 13.9. The van der Waals surface area contributed by atoms with Crippen molar-refractivity contribution < 1.29 is 36.6 Å². The monoisotopic (exact) mass is 431 g/mol. The molecule has 0 aromatic carbocycles. The number of β-amino-alcohol motifs (C(OH)–C–C–N with tert-alkyl or cyclic N) is 1. The van der Waals surface area contributed by atoms with Crippen LogP contribution in [0.4, 0.5) is 38.4 Å². The lowest BCUT2D eigenvalue weighted by atomic mass is 9.96. The lowest BCUT2D eigenvalue weighted by molar-refractivity contribution is -0.137. The number of halogens is 5. The summed E-state index contributed by atoms with van der Waals surface area (Å²) in [6, 6.07) is 1.47. The number of carbonyl (C=O) groups excluding carboxylic acids is 1. The van der Waals surface area contributed by atoms with E-state index in [4.69, 9.17) is 0 Å². The molecule has 2 aliphatic rings. The summed E-state index contributed by atoms with van der Waals surface area (Å²) in [5.74, 6) is -0.401. The second-order valence-corrected chi connectivity index (χ2v) is 7.22. The van der Waals surface area contributed by atoms with Gasteiger partial charge in [0.2, 0.25) is 0 Å². The van der Waals surface area contributed by atoms with Crippen molar-refractivity contribution in [2.45, 2.75) is 31.2 Å². The Balaban J connectivity index is 1.87. The smallest absolute Gasteiger partial charge is 0.416 e. The van der Waals surface area contributed by atoms with Crippen LogP contribution in [0.25, 0.3) is 11.4 Å². The number of amides is 1. The maximum Gasteiger partial charge on any atom is 0.416 e. The van der Waals surface area contributed by atoms with E-state index < -0.39 is 36.0 Å². The van der Waals surface area contributed by atoms with E-state index >= 15 is 0 Å². The van der Waals surface area contributed by atoms with Gasteiger partial charge in [0.25, 0.3) is 6.43 Å². The molecule has 1 unspecified atom stereocenters. The Labute approximate surface area is 165 Å². The molecule has 4 rings (SSSR count). The van der Waals surface area contributed by atoms with E-state index in [1.165, 1.54) is 11.8 Å². The van der Waals surface area contributed by atoms with Crippen LogP contribution < -0.4 is 10.2 Å². The minimum atomic E-state index is -4.75. The van der Waals surface area contributed by atoms with Gasteiger partial charge in [-0.2, -0.15) is 13.2 Å². The standard InChI is InChI=1S/C17H14F5N5O3/c1-16(29)4-27(5-16)9-3-7(17(20,21)22)2-8(25-9)11-10-12(13(18)19)30-15(28)26-14(10)24-6-23-11/h2-3,6,12-13,29H,4-5H2,1H3,(H,23,24,26,28). The molecule has 160 valence electrons. The van der Waals surface area contributed by atoms with E-state index in [0.717, 1.165) is 12.4 Å². The molecule has 1 fully saturated rings. The van der Waals surface area contributed by atoms with Crippen LogP contribution in [-0.2, 0) is 10.9 Å². The number of anilines is 2. The predicted octanol–water partition coefficient (Wildman–Crippen LogP) is 3.00. The summed E-state index contributed by atoms with van der Waals surface area (Å²) in [4.78, 5) is 24.6. The number of aliphatic hydroxyl groups is 1. The summed E-state index contributed by atoms with van der Waals surface area (Å²) < 4.78 is 72.0. The number of nitrogens with one attached hydrogen (secondary N) is 1. The molecule has 4 heterocycles. The molecule has 0 saturated carbocycles.